The topological polar surface area (TPSA) is 311 Å². The van der Waals surface area contributed by atoms with E-state index in [-0.39, 0.29) is 0 Å². The molecule has 1 aliphatic rings. The third kappa shape index (κ3) is 6.13. The number of benzene rings is 3. The van der Waals surface area contributed by atoms with Crippen LogP contribution in [0.25, 0.3) is 0 Å². The molecule has 1 saturated heterocycles. The molecule has 0 radical (unpaired) electrons. The number of ether oxygens (including phenoxy) is 4. The number of rotatable bonds is 8. The molecule has 1 aliphatic heterocycles. The number of esters is 3. The summed E-state index contributed by atoms with van der Waals surface area (Å²) in [5.74, 6) is -12.4. The molecule has 0 saturated carbocycles. The average Bonchev–Trinajstić information content (AvgIpc) is 3.22. The Morgan fingerprint density at radius 1 is 0.600 bits per heavy atom. The lowest BCUT2D eigenvalue weighted by Gasteiger charge is -2.33. The minimum Gasteiger partial charge on any atom is -0.504 e. The van der Waals surface area contributed by atoms with Gasteiger partial charge in [0.1, 0.15) is 25.4 Å². The number of phenols is 9. The molecule has 3 aromatic carbocycles. The summed E-state index contributed by atoms with van der Waals surface area (Å²) in [6, 6.07) is 4.16. The third-order valence-corrected chi connectivity index (χ3v) is 6.58. The molecule has 4 rings (SSSR count). The van der Waals surface area contributed by atoms with E-state index in [0.29, 0.717) is 24.3 Å². The zero-order valence-electron chi connectivity index (χ0n) is 22.4. The summed E-state index contributed by atoms with van der Waals surface area (Å²) in [6.07, 6.45) is -6.24. The summed E-state index contributed by atoms with van der Waals surface area (Å²) in [5, 5.41) is 109. The molecule has 18 nitrogen and oxygen atoms in total. The monoisotopic (exact) mass is 636 g/mol. The van der Waals surface area contributed by atoms with E-state index < -0.39 is 124 Å². The van der Waals surface area contributed by atoms with E-state index in [4.69, 9.17) is 18.9 Å². The molecule has 0 aromatic heterocycles. The van der Waals surface area contributed by atoms with Gasteiger partial charge in [-0.3, -0.25) is 0 Å². The largest absolute Gasteiger partial charge is 0.504 e. The fourth-order valence-electron chi connectivity index (χ4n) is 4.14. The Balaban J connectivity index is 1.60. The quantitative estimate of drug-likeness (QED) is 0.0860. The van der Waals surface area contributed by atoms with Crippen molar-refractivity contribution in [2.24, 2.45) is 0 Å². The van der Waals surface area contributed by atoms with E-state index >= 15 is 0 Å². The standard InChI is InChI=1S/C27H24O18/c28-12-1-9(2-13(29)19(12)34)23(38)42-7-18-22(37)27(26(41)44-18,45-25(40)11-5-16(32)21(36)17(33)6-11)8-43-24(39)10-3-14(30)20(35)15(31)4-10/h1-6,18,22,26,28-37,41H,7-8H2/t18-,22-,26+,27+/m1/s1. The van der Waals surface area contributed by atoms with Gasteiger partial charge in [0.15, 0.2) is 51.7 Å². The number of carbonyl (C=O) groups is 3. The fraction of sp³-hybridized carbons (Fsp3) is 0.222. The first-order valence-corrected chi connectivity index (χ1v) is 12.4. The van der Waals surface area contributed by atoms with E-state index in [0.717, 1.165) is 12.1 Å². The summed E-state index contributed by atoms with van der Waals surface area (Å²) < 4.78 is 20.5. The SMILES string of the molecule is O=C(OC[C@H]1O[C@H](O)[C@@](COC(=O)c2cc(O)c(O)c(O)c2)(OC(=O)c2cc(O)c(O)c(O)c2)[C@@H]1O)c1cc(O)c(O)c(O)c1. The number of hydrogen-bond acceptors (Lipinski definition) is 18. The summed E-state index contributed by atoms with van der Waals surface area (Å²) in [5.41, 5.74) is -4.38. The second-order valence-electron chi connectivity index (χ2n) is 9.58. The van der Waals surface area contributed by atoms with Crippen molar-refractivity contribution in [1.29, 1.82) is 0 Å². The van der Waals surface area contributed by atoms with Crippen LogP contribution in [0.2, 0.25) is 0 Å². The predicted molar refractivity (Wildman–Crippen MR) is 140 cm³/mol. The van der Waals surface area contributed by atoms with Crippen LogP contribution in [0.5, 0.6) is 51.7 Å². The van der Waals surface area contributed by atoms with Crippen LogP contribution in [-0.2, 0) is 18.9 Å². The lowest BCUT2D eigenvalue weighted by molar-refractivity contribution is -0.193. The van der Waals surface area contributed by atoms with Gasteiger partial charge in [-0.15, -0.1) is 0 Å². The molecule has 1 fully saturated rings. The zero-order valence-corrected chi connectivity index (χ0v) is 22.4. The summed E-state index contributed by atoms with van der Waals surface area (Å²) in [4.78, 5) is 38.2. The van der Waals surface area contributed by atoms with E-state index in [9.17, 15) is 70.6 Å². The highest BCUT2D eigenvalue weighted by atomic mass is 16.7. The van der Waals surface area contributed by atoms with Crippen LogP contribution in [0.3, 0.4) is 0 Å². The molecule has 3 aromatic rings. The van der Waals surface area contributed by atoms with Gasteiger partial charge in [0.25, 0.3) is 0 Å². The van der Waals surface area contributed by atoms with E-state index in [2.05, 4.69) is 0 Å². The summed E-state index contributed by atoms with van der Waals surface area (Å²) >= 11 is 0. The number of aliphatic hydroxyl groups is 2. The molecule has 4 atom stereocenters. The molecule has 0 bridgehead atoms. The van der Waals surface area contributed by atoms with Crippen LogP contribution in [0, 0.1) is 0 Å². The van der Waals surface area contributed by atoms with Gasteiger partial charge in [-0.2, -0.15) is 0 Å². The van der Waals surface area contributed by atoms with Crippen molar-refractivity contribution in [3.8, 4) is 51.7 Å². The Bertz CT molecular complexity index is 1600. The van der Waals surface area contributed by atoms with Crippen molar-refractivity contribution < 1.29 is 89.5 Å². The van der Waals surface area contributed by atoms with Gasteiger partial charge in [0.05, 0.1) is 16.7 Å². The van der Waals surface area contributed by atoms with Crippen molar-refractivity contribution >= 4 is 17.9 Å². The summed E-state index contributed by atoms with van der Waals surface area (Å²) in [7, 11) is 0. The van der Waals surface area contributed by atoms with E-state index in [1.54, 1.807) is 0 Å². The van der Waals surface area contributed by atoms with Gasteiger partial charge in [-0.1, -0.05) is 0 Å². The minimum absolute atomic E-state index is 0.463. The Kier molecular flexibility index (Phi) is 8.58. The van der Waals surface area contributed by atoms with Crippen molar-refractivity contribution in [1.82, 2.24) is 0 Å². The number of hydrogen-bond donors (Lipinski definition) is 11. The first-order chi connectivity index (χ1) is 21.0. The molecular formula is C27H24O18. The molecule has 240 valence electrons. The molecule has 18 heteroatoms. The molecule has 11 N–H and O–H groups in total. The highest BCUT2D eigenvalue weighted by molar-refractivity contribution is 5.93. The van der Waals surface area contributed by atoms with Gasteiger partial charge in [-0.25, -0.2) is 14.4 Å². The van der Waals surface area contributed by atoms with Gasteiger partial charge in [0, 0.05) is 0 Å². The van der Waals surface area contributed by atoms with Crippen LogP contribution >= 0.6 is 0 Å². The van der Waals surface area contributed by atoms with Crippen molar-refractivity contribution in [3.63, 3.8) is 0 Å². The van der Waals surface area contributed by atoms with E-state index in [1.807, 2.05) is 0 Å². The Hall–Kier alpha value is -5.85. The number of carbonyl (C=O) groups excluding carboxylic acids is 3. The minimum atomic E-state index is -2.73. The molecular weight excluding hydrogens is 612 g/mol. The maximum absolute atomic E-state index is 13.0. The van der Waals surface area contributed by atoms with Crippen LogP contribution in [-0.4, -0.2) is 111 Å². The molecule has 1 heterocycles. The van der Waals surface area contributed by atoms with Crippen LogP contribution in [0.15, 0.2) is 36.4 Å². The Morgan fingerprint density at radius 3 is 1.36 bits per heavy atom. The lowest BCUT2D eigenvalue weighted by atomic mass is 9.95. The Labute approximate surface area is 249 Å². The van der Waals surface area contributed by atoms with Crippen molar-refractivity contribution in [2.75, 3.05) is 13.2 Å². The van der Waals surface area contributed by atoms with Crippen molar-refractivity contribution in [2.45, 2.75) is 24.1 Å². The normalized spacial score (nSPS) is 20.8. The number of aromatic hydroxyl groups is 9. The predicted octanol–water partition coefficient (Wildman–Crippen LogP) is -0.275. The van der Waals surface area contributed by atoms with Gasteiger partial charge < -0.3 is 75.1 Å². The second-order valence-corrected chi connectivity index (χ2v) is 9.58. The van der Waals surface area contributed by atoms with E-state index in [1.165, 1.54) is 0 Å². The molecule has 0 unspecified atom stereocenters. The first-order valence-electron chi connectivity index (χ1n) is 12.4. The molecule has 0 aliphatic carbocycles. The maximum atomic E-state index is 13.0. The average molecular weight is 636 g/mol. The molecule has 45 heavy (non-hydrogen) atoms. The fourth-order valence-corrected chi connectivity index (χ4v) is 4.14. The highest BCUT2D eigenvalue weighted by Gasteiger charge is 2.60. The van der Waals surface area contributed by atoms with Crippen LogP contribution in [0.4, 0.5) is 0 Å². The molecule has 0 amide bonds. The molecule has 0 spiro atoms. The first kappa shape index (κ1) is 32.1. The maximum Gasteiger partial charge on any atom is 0.339 e. The van der Waals surface area contributed by atoms with Gasteiger partial charge >= 0.3 is 17.9 Å². The summed E-state index contributed by atoms with van der Waals surface area (Å²) in [6.45, 7) is -2.12. The van der Waals surface area contributed by atoms with Crippen molar-refractivity contribution in [3.05, 3.63) is 53.1 Å². The van der Waals surface area contributed by atoms with Gasteiger partial charge in [0.2, 0.25) is 11.9 Å². The highest BCUT2D eigenvalue weighted by Crippen LogP contribution is 2.40. The zero-order chi connectivity index (χ0) is 33.4. The number of aliphatic hydroxyl groups excluding tert-OH is 2. The van der Waals surface area contributed by atoms with Crippen LogP contribution < -0.4 is 0 Å². The lowest BCUT2D eigenvalue weighted by Crippen LogP contribution is -2.56. The Morgan fingerprint density at radius 2 is 0.956 bits per heavy atom. The van der Waals surface area contributed by atoms with Crippen LogP contribution in [0.1, 0.15) is 31.1 Å². The second kappa shape index (κ2) is 12.0. The van der Waals surface area contributed by atoms with Gasteiger partial charge in [-0.05, 0) is 36.4 Å². The smallest absolute Gasteiger partial charge is 0.339 e. The third-order valence-electron chi connectivity index (χ3n) is 6.58. The number of phenolic OH excluding ortho intramolecular Hbond substituents is 9.